The summed E-state index contributed by atoms with van der Waals surface area (Å²) in [6.07, 6.45) is 6.65. The summed E-state index contributed by atoms with van der Waals surface area (Å²) in [5, 5.41) is 0. The van der Waals surface area contributed by atoms with Crippen LogP contribution in [0.2, 0.25) is 0 Å². The van der Waals surface area contributed by atoms with Gasteiger partial charge in [-0.05, 0) is 127 Å². The lowest BCUT2D eigenvalue weighted by Gasteiger charge is -2.66. The van der Waals surface area contributed by atoms with Gasteiger partial charge in [0.25, 0.3) is 0 Å². The van der Waals surface area contributed by atoms with Crippen LogP contribution in [-0.4, -0.2) is 48.8 Å². The first-order valence-electron chi connectivity index (χ1n) is 19.2. The minimum Gasteiger partial charge on any atom is -0.468 e. The summed E-state index contributed by atoms with van der Waals surface area (Å²) in [6.45, 7) is 16.5. The van der Waals surface area contributed by atoms with Crippen LogP contribution in [-0.2, 0) is 18.9 Å². The van der Waals surface area contributed by atoms with E-state index >= 15 is 0 Å². The van der Waals surface area contributed by atoms with Gasteiger partial charge in [0.05, 0.1) is 33.9 Å². The molecule has 2 aliphatic heterocycles. The van der Waals surface area contributed by atoms with E-state index < -0.39 is 41.4 Å². The van der Waals surface area contributed by atoms with Crippen molar-refractivity contribution in [2.75, 3.05) is 6.79 Å². The van der Waals surface area contributed by atoms with Crippen molar-refractivity contribution in [1.29, 1.82) is 0 Å². The standard InChI is InChI=1S/C43H50O10/c1-40(2,3)32-13-12-29-28-20-31(50-21-49-23-9-11-25-27(19-23)39(48)53-37(25)46)34-41(4,5)33(15-17-43(34,7)30(28)14-16-42(29,32)6)51-35(44)22-8-10-24-26(18-22)38(47)52-36(24)45/h8-11,18-19,28-34H,12-17,20-21H2,1-7H3. The number of fused-ring (bicyclic) bond motifs is 7. The number of hydrogen-bond donors (Lipinski definition) is 0. The first-order chi connectivity index (χ1) is 24.9. The summed E-state index contributed by atoms with van der Waals surface area (Å²) in [5.41, 5.74) is 0.730. The zero-order valence-electron chi connectivity index (χ0n) is 31.7. The second kappa shape index (κ2) is 12.2. The fourth-order valence-electron chi connectivity index (χ4n) is 12.7. The van der Waals surface area contributed by atoms with E-state index in [9.17, 15) is 24.0 Å². The van der Waals surface area contributed by atoms with Crippen LogP contribution in [0, 0.1) is 51.2 Å². The summed E-state index contributed by atoms with van der Waals surface area (Å²) in [7, 11) is 0. The van der Waals surface area contributed by atoms with Crippen molar-refractivity contribution in [3.05, 3.63) is 64.2 Å². The number of hydrogen-bond acceptors (Lipinski definition) is 10. The molecule has 9 unspecified atom stereocenters. The minimum atomic E-state index is -0.764. The molecule has 4 aliphatic carbocycles. The van der Waals surface area contributed by atoms with Gasteiger partial charge in [-0.3, -0.25) is 0 Å². The summed E-state index contributed by atoms with van der Waals surface area (Å²) >= 11 is 0. The first-order valence-corrected chi connectivity index (χ1v) is 19.2. The Hall–Kier alpha value is -4.05. The number of carbonyl (C=O) groups excluding carboxylic acids is 5. The van der Waals surface area contributed by atoms with Crippen molar-refractivity contribution in [3.63, 3.8) is 0 Å². The Bertz CT molecular complexity index is 1920. The molecule has 10 nitrogen and oxygen atoms in total. The zero-order chi connectivity index (χ0) is 37.8. The average molecular weight is 727 g/mol. The third-order valence-corrected chi connectivity index (χ3v) is 14.7. The molecule has 6 aliphatic rings. The molecular formula is C43H50O10. The largest absolute Gasteiger partial charge is 0.468 e. The predicted octanol–water partition coefficient (Wildman–Crippen LogP) is 8.21. The van der Waals surface area contributed by atoms with Gasteiger partial charge in [-0.25, -0.2) is 24.0 Å². The predicted molar refractivity (Wildman–Crippen MR) is 191 cm³/mol. The summed E-state index contributed by atoms with van der Waals surface area (Å²) in [6, 6.07) is 9.06. The molecule has 0 bridgehead atoms. The van der Waals surface area contributed by atoms with E-state index in [0.717, 1.165) is 19.3 Å². The van der Waals surface area contributed by atoms with Gasteiger partial charge in [0, 0.05) is 5.41 Å². The van der Waals surface area contributed by atoms with Crippen LogP contribution in [0.3, 0.4) is 0 Å². The second-order valence-corrected chi connectivity index (χ2v) is 18.7. The molecule has 53 heavy (non-hydrogen) atoms. The van der Waals surface area contributed by atoms with Gasteiger partial charge in [0.15, 0.2) is 6.79 Å². The van der Waals surface area contributed by atoms with E-state index in [2.05, 4.69) is 48.5 Å². The molecule has 8 rings (SSSR count). The molecule has 0 radical (unpaired) electrons. The van der Waals surface area contributed by atoms with Crippen molar-refractivity contribution in [2.45, 2.75) is 106 Å². The average Bonchev–Trinajstić information content (AvgIpc) is 3.70. The Balaban J connectivity index is 1.08. The van der Waals surface area contributed by atoms with Gasteiger partial charge < -0.3 is 23.7 Å². The van der Waals surface area contributed by atoms with Crippen LogP contribution in [0.25, 0.3) is 0 Å². The van der Waals surface area contributed by atoms with Gasteiger partial charge in [0.1, 0.15) is 11.9 Å². The maximum absolute atomic E-state index is 13.7. The summed E-state index contributed by atoms with van der Waals surface area (Å²) in [5.74, 6) is -0.707. The molecule has 2 aromatic rings. The molecule has 2 aromatic carbocycles. The van der Waals surface area contributed by atoms with Gasteiger partial charge in [-0.15, -0.1) is 0 Å². The number of carbonyl (C=O) groups is 5. The monoisotopic (exact) mass is 726 g/mol. The van der Waals surface area contributed by atoms with Crippen molar-refractivity contribution >= 4 is 29.8 Å². The van der Waals surface area contributed by atoms with E-state index in [0.29, 0.717) is 35.8 Å². The minimum absolute atomic E-state index is 0.0239. The fourth-order valence-corrected chi connectivity index (χ4v) is 12.7. The topological polar surface area (TPSA) is 132 Å². The maximum atomic E-state index is 13.7. The number of esters is 5. The Labute approximate surface area is 310 Å². The molecule has 0 saturated heterocycles. The summed E-state index contributed by atoms with van der Waals surface area (Å²) < 4.78 is 28.8. The molecule has 0 amide bonds. The lowest BCUT2D eigenvalue weighted by molar-refractivity contribution is -0.239. The molecule has 282 valence electrons. The Kier molecular flexibility index (Phi) is 8.30. The summed E-state index contributed by atoms with van der Waals surface area (Å²) in [4.78, 5) is 62.2. The number of cyclic esters (lactones) is 4. The number of ether oxygens (including phenoxy) is 5. The van der Waals surface area contributed by atoms with Crippen LogP contribution < -0.4 is 4.74 Å². The smallest absolute Gasteiger partial charge is 0.347 e. The molecular weight excluding hydrogens is 676 g/mol. The van der Waals surface area contributed by atoms with Crippen LogP contribution >= 0.6 is 0 Å². The van der Waals surface area contributed by atoms with Gasteiger partial charge in [0.2, 0.25) is 0 Å². The van der Waals surface area contributed by atoms with Crippen molar-refractivity contribution in [2.24, 2.45) is 51.2 Å². The maximum Gasteiger partial charge on any atom is 0.347 e. The first kappa shape index (κ1) is 36.0. The van der Waals surface area contributed by atoms with Crippen LogP contribution in [0.4, 0.5) is 0 Å². The van der Waals surface area contributed by atoms with E-state index in [4.69, 9.17) is 23.7 Å². The Morgan fingerprint density at radius 2 is 1.36 bits per heavy atom. The lowest BCUT2D eigenvalue weighted by Crippen LogP contribution is -2.64. The van der Waals surface area contributed by atoms with E-state index in [1.165, 1.54) is 43.5 Å². The van der Waals surface area contributed by atoms with Crippen molar-refractivity contribution in [3.8, 4) is 5.75 Å². The van der Waals surface area contributed by atoms with Crippen LogP contribution in [0.15, 0.2) is 36.4 Å². The van der Waals surface area contributed by atoms with Crippen LogP contribution in [0.5, 0.6) is 5.75 Å². The van der Waals surface area contributed by atoms with Gasteiger partial charge >= 0.3 is 29.8 Å². The Morgan fingerprint density at radius 3 is 2.04 bits per heavy atom. The van der Waals surface area contributed by atoms with Gasteiger partial charge in [-0.1, -0.05) is 48.5 Å². The molecule has 4 saturated carbocycles. The highest BCUT2D eigenvalue weighted by molar-refractivity contribution is 6.16. The quantitative estimate of drug-likeness (QED) is 0.124. The molecule has 0 spiro atoms. The highest BCUT2D eigenvalue weighted by Crippen LogP contribution is 2.71. The van der Waals surface area contributed by atoms with E-state index in [1.807, 2.05) is 0 Å². The van der Waals surface area contributed by atoms with Gasteiger partial charge in [-0.2, -0.15) is 0 Å². The van der Waals surface area contributed by atoms with E-state index in [-0.39, 0.29) is 62.9 Å². The van der Waals surface area contributed by atoms with Crippen molar-refractivity contribution < 1.29 is 47.7 Å². The second-order valence-electron chi connectivity index (χ2n) is 18.7. The van der Waals surface area contributed by atoms with E-state index in [1.54, 1.807) is 12.1 Å². The zero-order valence-corrected chi connectivity index (χ0v) is 31.7. The Morgan fingerprint density at radius 1 is 0.755 bits per heavy atom. The van der Waals surface area contributed by atoms with Crippen LogP contribution in [0.1, 0.15) is 145 Å². The normalized spacial score (nSPS) is 35.3. The highest BCUT2D eigenvalue weighted by atomic mass is 16.7. The molecule has 10 heteroatoms. The molecule has 0 N–H and O–H groups in total. The third-order valence-electron chi connectivity index (χ3n) is 14.7. The fraction of sp³-hybridized carbons (Fsp3) is 0.605. The molecule has 0 aromatic heterocycles. The molecule has 9 atom stereocenters. The third kappa shape index (κ3) is 5.56. The highest BCUT2D eigenvalue weighted by Gasteiger charge is 2.67. The SMILES string of the molecule is CC(C)(C)C1CCC2C3CC(OCOc4ccc5c(c4)C(=O)OC5=O)C4C(C)(C)C(OC(=O)c5ccc6c(c5)C(=O)OC6=O)CCC4(C)C3CCC21C. The lowest BCUT2D eigenvalue weighted by atomic mass is 9.40. The number of benzene rings is 2. The van der Waals surface area contributed by atoms with Crippen molar-refractivity contribution in [1.82, 2.24) is 0 Å². The molecule has 4 fully saturated rings. The number of rotatable bonds is 6. The molecule has 2 heterocycles.